The monoisotopic (exact) mass is 794 g/mol. The van der Waals surface area contributed by atoms with Crippen LogP contribution in [-0.2, 0) is 0 Å². The van der Waals surface area contributed by atoms with Crippen LogP contribution in [0.25, 0.3) is 89.4 Å². The molecular weight excluding hydrogens is 753 g/mol. The highest BCUT2D eigenvalue weighted by Crippen LogP contribution is 2.35. The maximum absolute atomic E-state index is 9.54. The Balaban J connectivity index is 0.000000553. The second kappa shape index (κ2) is 17.9. The van der Waals surface area contributed by atoms with Gasteiger partial charge >= 0.3 is 0 Å². The van der Waals surface area contributed by atoms with Crippen LogP contribution in [0.15, 0.2) is 218 Å². The van der Waals surface area contributed by atoms with Crippen molar-refractivity contribution >= 4 is 11.0 Å². The first-order valence-corrected chi connectivity index (χ1v) is 20.7. The Morgan fingerprint density at radius 3 is 1.11 bits per heavy atom. The largest absolute Gasteiger partial charge is 0.248 e. The lowest BCUT2D eigenvalue weighted by Gasteiger charge is -2.12. The first-order valence-electron chi connectivity index (χ1n) is 20.7. The van der Waals surface area contributed by atoms with Gasteiger partial charge in [-0.15, -0.1) is 0 Å². The zero-order valence-electron chi connectivity index (χ0n) is 34.6. The highest BCUT2D eigenvalue weighted by Gasteiger charge is 2.15. The van der Waals surface area contributed by atoms with Crippen molar-refractivity contribution in [3.05, 3.63) is 235 Å². The summed E-state index contributed by atoms with van der Waals surface area (Å²) in [6, 6.07) is 77.0. The smallest absolute Gasteiger partial charge is 0.0991 e. The Bertz CT molecular complexity index is 3090. The summed E-state index contributed by atoms with van der Waals surface area (Å²) in [5.74, 6) is 0. The van der Waals surface area contributed by atoms with Crippen molar-refractivity contribution < 1.29 is 0 Å². The van der Waals surface area contributed by atoms with Gasteiger partial charge in [0, 0.05) is 22.3 Å². The number of para-hydroxylation sites is 2. The number of fused-ring (bicyclic) bond motifs is 1. The second-order valence-electron chi connectivity index (χ2n) is 15.3. The van der Waals surface area contributed by atoms with Gasteiger partial charge in [0.15, 0.2) is 0 Å². The van der Waals surface area contributed by atoms with E-state index >= 15 is 0 Å². The van der Waals surface area contributed by atoms with E-state index in [4.69, 9.17) is 15.0 Å². The molecular formula is C58H42N4. The fourth-order valence-corrected chi connectivity index (χ4v) is 7.54. The lowest BCUT2D eigenvalue weighted by molar-refractivity contribution is 1.29. The van der Waals surface area contributed by atoms with Gasteiger partial charge in [0.1, 0.15) is 0 Å². The number of aryl methyl sites for hydroxylation is 2. The predicted octanol–water partition coefficient (Wildman–Crippen LogP) is 14.9. The highest BCUT2D eigenvalue weighted by atomic mass is 14.8. The molecule has 0 aliphatic carbocycles. The molecule has 10 aromatic rings. The molecule has 0 aliphatic rings. The van der Waals surface area contributed by atoms with Gasteiger partial charge in [-0.05, 0) is 94.8 Å². The normalized spacial score (nSPS) is 10.7. The van der Waals surface area contributed by atoms with Crippen molar-refractivity contribution in [1.29, 1.82) is 5.26 Å². The van der Waals surface area contributed by atoms with Crippen LogP contribution in [0.2, 0.25) is 0 Å². The van der Waals surface area contributed by atoms with E-state index in [0.29, 0.717) is 5.56 Å². The van der Waals surface area contributed by atoms with Crippen LogP contribution in [0, 0.1) is 25.2 Å². The summed E-state index contributed by atoms with van der Waals surface area (Å²) in [4.78, 5) is 15.1. The molecule has 0 bridgehead atoms. The molecule has 0 saturated heterocycles. The molecule has 8 aromatic carbocycles. The lowest BCUT2D eigenvalue weighted by atomic mass is 9.96. The summed E-state index contributed by atoms with van der Waals surface area (Å²) in [7, 11) is 0. The van der Waals surface area contributed by atoms with E-state index in [1.807, 2.05) is 54.6 Å². The first-order chi connectivity index (χ1) is 30.5. The van der Waals surface area contributed by atoms with Crippen molar-refractivity contribution in [1.82, 2.24) is 15.0 Å². The van der Waals surface area contributed by atoms with Crippen molar-refractivity contribution in [2.24, 2.45) is 0 Å². The van der Waals surface area contributed by atoms with E-state index in [1.165, 1.54) is 11.1 Å². The fraction of sp³-hybridized carbons (Fsp3) is 0.0345. The van der Waals surface area contributed by atoms with Crippen molar-refractivity contribution in [2.45, 2.75) is 13.8 Å². The number of benzene rings is 8. The summed E-state index contributed by atoms with van der Waals surface area (Å²) < 4.78 is 0. The van der Waals surface area contributed by atoms with Gasteiger partial charge in [-0.2, -0.15) is 5.26 Å². The van der Waals surface area contributed by atoms with Crippen molar-refractivity contribution in [3.63, 3.8) is 0 Å². The highest BCUT2D eigenvalue weighted by molar-refractivity contribution is 5.87. The molecule has 0 radical (unpaired) electrons. The van der Waals surface area contributed by atoms with Crippen molar-refractivity contribution in [2.75, 3.05) is 0 Å². The Morgan fingerprint density at radius 1 is 0.306 bits per heavy atom. The average molecular weight is 795 g/mol. The van der Waals surface area contributed by atoms with E-state index in [2.05, 4.69) is 178 Å². The van der Waals surface area contributed by atoms with Crippen LogP contribution in [0.5, 0.6) is 0 Å². The Kier molecular flexibility index (Phi) is 11.3. The molecule has 0 saturated carbocycles. The van der Waals surface area contributed by atoms with Gasteiger partial charge in [-0.3, -0.25) is 0 Å². The standard InChI is InChI=1S/C50H32N4.C8H10/c51-33-34-10-9-15-43(30-34)50-49(53-45-16-7-8-17-46(45)54-50)42-28-26-38(27-29-42)36-20-18-35(19-21-36)37-22-24-39(25-23-37)44-31-47(40-11-3-1-4-12-40)52-48(32-44)41-13-5-2-6-14-41;1-7-5-3-4-6-8(7)2/h1-32H;3-6H,1-2H3. The number of pyridine rings is 1. The van der Waals surface area contributed by atoms with E-state index in [-0.39, 0.29) is 0 Å². The van der Waals surface area contributed by atoms with Gasteiger partial charge in [-0.1, -0.05) is 182 Å². The molecule has 4 heteroatoms. The first kappa shape index (κ1) is 39.2. The molecule has 0 spiro atoms. The second-order valence-corrected chi connectivity index (χ2v) is 15.3. The van der Waals surface area contributed by atoms with Crippen LogP contribution in [-0.4, -0.2) is 15.0 Å². The number of nitrogens with zero attached hydrogens (tertiary/aromatic N) is 4. The van der Waals surface area contributed by atoms with Gasteiger partial charge < -0.3 is 0 Å². The molecule has 0 amide bonds. The zero-order valence-corrected chi connectivity index (χ0v) is 34.6. The van der Waals surface area contributed by atoms with E-state index in [0.717, 1.165) is 89.4 Å². The van der Waals surface area contributed by atoms with Crippen LogP contribution in [0.3, 0.4) is 0 Å². The molecule has 2 aromatic heterocycles. The van der Waals surface area contributed by atoms with Crippen molar-refractivity contribution in [3.8, 4) is 84.5 Å². The van der Waals surface area contributed by atoms with Crippen LogP contribution in [0.1, 0.15) is 16.7 Å². The summed E-state index contributed by atoms with van der Waals surface area (Å²) in [6.07, 6.45) is 0. The average Bonchev–Trinajstić information content (AvgIpc) is 3.35. The Labute approximate surface area is 363 Å². The molecule has 294 valence electrons. The SMILES string of the molecule is Cc1ccccc1C.N#Cc1cccc(-c2nc3ccccc3nc2-c2ccc(-c3ccc(-c4ccc(-c5cc(-c6ccccc6)nc(-c6ccccc6)c5)cc4)cc3)cc2)c1. The minimum absolute atomic E-state index is 0.590. The molecule has 2 heterocycles. The van der Waals surface area contributed by atoms with E-state index < -0.39 is 0 Å². The summed E-state index contributed by atoms with van der Waals surface area (Å²) in [5.41, 5.74) is 19.3. The lowest BCUT2D eigenvalue weighted by Crippen LogP contribution is -1.96. The molecule has 0 aliphatic heterocycles. The van der Waals surface area contributed by atoms with Gasteiger partial charge in [0.25, 0.3) is 0 Å². The summed E-state index contributed by atoms with van der Waals surface area (Å²) in [6.45, 7) is 4.24. The topological polar surface area (TPSA) is 62.5 Å². The maximum Gasteiger partial charge on any atom is 0.0991 e. The number of aromatic nitrogens is 3. The van der Waals surface area contributed by atoms with Gasteiger partial charge in [-0.25, -0.2) is 15.0 Å². The van der Waals surface area contributed by atoms with Gasteiger partial charge in [0.05, 0.1) is 45.4 Å². The molecule has 10 rings (SSSR count). The minimum atomic E-state index is 0.590. The zero-order chi connectivity index (χ0) is 42.3. The Morgan fingerprint density at radius 2 is 0.677 bits per heavy atom. The minimum Gasteiger partial charge on any atom is -0.248 e. The fourth-order valence-electron chi connectivity index (χ4n) is 7.54. The molecule has 4 nitrogen and oxygen atoms in total. The van der Waals surface area contributed by atoms with Crippen LogP contribution in [0.4, 0.5) is 0 Å². The molecule has 62 heavy (non-hydrogen) atoms. The molecule has 0 fully saturated rings. The third kappa shape index (κ3) is 8.70. The summed E-state index contributed by atoms with van der Waals surface area (Å²) >= 11 is 0. The molecule has 0 unspecified atom stereocenters. The predicted molar refractivity (Wildman–Crippen MR) is 256 cm³/mol. The third-order valence-electron chi connectivity index (χ3n) is 11.2. The maximum atomic E-state index is 9.54. The van der Waals surface area contributed by atoms with Gasteiger partial charge in [0.2, 0.25) is 0 Å². The van der Waals surface area contributed by atoms with E-state index in [9.17, 15) is 5.26 Å². The number of hydrogen-bond donors (Lipinski definition) is 0. The number of rotatable bonds is 7. The quantitative estimate of drug-likeness (QED) is 0.161. The van der Waals surface area contributed by atoms with Crippen LogP contribution >= 0.6 is 0 Å². The Hall–Kier alpha value is -8.26. The molecule has 0 atom stereocenters. The third-order valence-corrected chi connectivity index (χ3v) is 11.2. The van der Waals surface area contributed by atoms with E-state index in [1.54, 1.807) is 6.07 Å². The van der Waals surface area contributed by atoms with Crippen LogP contribution < -0.4 is 0 Å². The number of nitriles is 1. The summed E-state index contributed by atoms with van der Waals surface area (Å²) in [5, 5.41) is 9.54. The number of hydrogen-bond acceptors (Lipinski definition) is 4. The molecule has 0 N–H and O–H groups in total.